The number of nitrogens with zero attached hydrogens (tertiary/aromatic N) is 1. The first-order valence-electron chi connectivity index (χ1n) is 3.79. The predicted molar refractivity (Wildman–Crippen MR) is 58.5 cm³/mol. The van der Waals surface area contributed by atoms with Gasteiger partial charge < -0.3 is 4.31 Å². The zero-order valence-electron chi connectivity index (χ0n) is 7.45. The van der Waals surface area contributed by atoms with Crippen molar-refractivity contribution >= 4 is 23.7 Å². The number of anilines is 1. The smallest absolute Gasteiger partial charge is 0.0538 e. The molecule has 1 aromatic carbocycles. The maximum Gasteiger partial charge on any atom is 0.0538 e. The van der Waals surface area contributed by atoms with E-state index in [-0.39, 0.29) is 0 Å². The fourth-order valence-corrected chi connectivity index (χ4v) is 1.41. The molecule has 1 rings (SSSR count). The Hall–Kier alpha value is -0.890. The van der Waals surface area contributed by atoms with Crippen LogP contribution in [0.5, 0.6) is 0 Å². The van der Waals surface area contributed by atoms with Gasteiger partial charge in [-0.15, -0.1) is 0 Å². The molecular formula is C10H13NS. The average molecular weight is 179 g/mol. The van der Waals surface area contributed by atoms with Crippen LogP contribution in [0.3, 0.4) is 0 Å². The van der Waals surface area contributed by atoms with E-state index >= 15 is 0 Å². The van der Waals surface area contributed by atoms with Gasteiger partial charge in [0.25, 0.3) is 0 Å². The molecule has 0 unspecified atom stereocenters. The highest BCUT2D eigenvalue weighted by Crippen LogP contribution is 2.23. The van der Waals surface area contributed by atoms with E-state index in [0.29, 0.717) is 0 Å². The number of hydrogen-bond acceptors (Lipinski definition) is 2. The second-order valence-electron chi connectivity index (χ2n) is 2.44. The molecule has 0 radical (unpaired) electrons. The van der Waals surface area contributed by atoms with Crippen LogP contribution < -0.4 is 4.31 Å². The highest BCUT2D eigenvalue weighted by atomic mass is 32.2. The van der Waals surface area contributed by atoms with E-state index in [9.17, 15) is 0 Å². The van der Waals surface area contributed by atoms with Crippen molar-refractivity contribution < 1.29 is 0 Å². The molecule has 0 aliphatic heterocycles. The minimum absolute atomic E-state index is 1.18. The van der Waals surface area contributed by atoms with E-state index in [1.165, 1.54) is 11.3 Å². The molecule has 0 N–H and O–H groups in total. The Labute approximate surface area is 78.2 Å². The van der Waals surface area contributed by atoms with Gasteiger partial charge in [0.1, 0.15) is 0 Å². The van der Waals surface area contributed by atoms with Gasteiger partial charge in [-0.1, -0.05) is 42.8 Å². The molecule has 0 aromatic heterocycles. The molecule has 0 fully saturated rings. The minimum Gasteiger partial charge on any atom is -0.319 e. The van der Waals surface area contributed by atoms with Gasteiger partial charge in [0.2, 0.25) is 0 Å². The van der Waals surface area contributed by atoms with Crippen LogP contribution in [0.1, 0.15) is 5.56 Å². The van der Waals surface area contributed by atoms with Crippen molar-refractivity contribution in [2.75, 3.05) is 17.6 Å². The Morgan fingerprint density at radius 2 is 2.08 bits per heavy atom. The molecule has 1 aromatic rings. The molecule has 0 aliphatic carbocycles. The van der Waals surface area contributed by atoms with Gasteiger partial charge in [0.15, 0.2) is 0 Å². The van der Waals surface area contributed by atoms with Crippen LogP contribution in [0.25, 0.3) is 6.08 Å². The molecule has 0 saturated heterocycles. The maximum absolute atomic E-state index is 3.77. The molecule has 0 saturated carbocycles. The minimum atomic E-state index is 1.18. The Morgan fingerprint density at radius 3 is 2.67 bits per heavy atom. The fourth-order valence-electron chi connectivity index (χ4n) is 1.05. The standard InChI is InChI=1S/C10H13NS/c1-4-9-7-5-6-8-10(9)11(2)12-3/h4-8H,1H2,2-3H3. The number of hydrogen-bond donors (Lipinski definition) is 0. The topological polar surface area (TPSA) is 3.24 Å². The van der Waals surface area contributed by atoms with Gasteiger partial charge in [-0.25, -0.2) is 0 Å². The highest BCUT2D eigenvalue weighted by molar-refractivity contribution is 7.99. The van der Waals surface area contributed by atoms with Gasteiger partial charge in [-0.3, -0.25) is 0 Å². The zero-order valence-corrected chi connectivity index (χ0v) is 8.27. The summed E-state index contributed by atoms with van der Waals surface area (Å²) in [6.07, 6.45) is 3.93. The molecule has 2 heteroatoms. The quantitative estimate of drug-likeness (QED) is 0.656. The van der Waals surface area contributed by atoms with Crippen LogP contribution in [0.2, 0.25) is 0 Å². The number of benzene rings is 1. The number of para-hydroxylation sites is 1. The van der Waals surface area contributed by atoms with Gasteiger partial charge in [0.05, 0.1) is 5.69 Å². The Bertz CT molecular complexity index is 270. The lowest BCUT2D eigenvalue weighted by Crippen LogP contribution is -2.06. The van der Waals surface area contributed by atoms with Crippen molar-refractivity contribution in [2.24, 2.45) is 0 Å². The predicted octanol–water partition coefficient (Wildman–Crippen LogP) is 3.04. The highest BCUT2D eigenvalue weighted by Gasteiger charge is 2.01. The molecule has 0 aliphatic rings. The first-order chi connectivity index (χ1) is 5.79. The van der Waals surface area contributed by atoms with Crippen LogP contribution in [0, 0.1) is 0 Å². The molecule has 12 heavy (non-hydrogen) atoms. The van der Waals surface area contributed by atoms with Gasteiger partial charge in [-0.2, -0.15) is 0 Å². The molecule has 0 heterocycles. The van der Waals surface area contributed by atoms with E-state index in [1.807, 2.05) is 25.3 Å². The summed E-state index contributed by atoms with van der Waals surface area (Å²) in [4.78, 5) is 0. The van der Waals surface area contributed by atoms with E-state index in [1.54, 1.807) is 11.9 Å². The lowest BCUT2D eigenvalue weighted by molar-refractivity contribution is 1.35. The van der Waals surface area contributed by atoms with Crippen molar-refractivity contribution in [3.8, 4) is 0 Å². The summed E-state index contributed by atoms with van der Waals surface area (Å²) in [5, 5.41) is 0. The summed E-state index contributed by atoms with van der Waals surface area (Å²) in [7, 11) is 2.05. The summed E-state index contributed by atoms with van der Waals surface area (Å²) in [6.45, 7) is 3.77. The van der Waals surface area contributed by atoms with Crippen molar-refractivity contribution in [2.45, 2.75) is 0 Å². The maximum atomic E-state index is 3.77. The summed E-state index contributed by atoms with van der Waals surface area (Å²) < 4.78 is 2.12. The van der Waals surface area contributed by atoms with Crippen LogP contribution in [0.15, 0.2) is 30.8 Å². The zero-order chi connectivity index (χ0) is 8.97. The fraction of sp³-hybridized carbons (Fsp3) is 0.200. The Balaban J connectivity index is 3.04. The average Bonchev–Trinajstić information content (AvgIpc) is 2.16. The lowest BCUT2D eigenvalue weighted by atomic mass is 10.2. The van der Waals surface area contributed by atoms with E-state index in [0.717, 1.165) is 0 Å². The van der Waals surface area contributed by atoms with Gasteiger partial charge in [-0.05, 0) is 11.6 Å². The van der Waals surface area contributed by atoms with Crippen LogP contribution in [-0.2, 0) is 0 Å². The van der Waals surface area contributed by atoms with Gasteiger partial charge in [0, 0.05) is 13.3 Å². The van der Waals surface area contributed by atoms with Crippen molar-refractivity contribution in [3.63, 3.8) is 0 Å². The van der Waals surface area contributed by atoms with Crippen molar-refractivity contribution in [3.05, 3.63) is 36.4 Å². The third kappa shape index (κ3) is 1.83. The van der Waals surface area contributed by atoms with Crippen molar-refractivity contribution in [1.29, 1.82) is 0 Å². The Kier molecular flexibility index (Phi) is 3.23. The first kappa shape index (κ1) is 9.20. The third-order valence-electron chi connectivity index (χ3n) is 1.77. The molecule has 1 nitrogen and oxygen atoms in total. The largest absolute Gasteiger partial charge is 0.319 e. The normalized spacial score (nSPS) is 9.50. The second-order valence-corrected chi connectivity index (χ2v) is 3.36. The summed E-state index contributed by atoms with van der Waals surface area (Å²) in [5.41, 5.74) is 2.38. The van der Waals surface area contributed by atoms with Gasteiger partial charge >= 0.3 is 0 Å². The molecule has 0 bridgehead atoms. The molecule has 0 amide bonds. The van der Waals surface area contributed by atoms with Crippen LogP contribution in [-0.4, -0.2) is 13.3 Å². The first-order valence-corrected chi connectivity index (χ1v) is 4.97. The van der Waals surface area contributed by atoms with E-state index < -0.39 is 0 Å². The lowest BCUT2D eigenvalue weighted by Gasteiger charge is -2.17. The SMILES string of the molecule is C=Cc1ccccc1N(C)SC. The monoisotopic (exact) mass is 179 g/mol. The summed E-state index contributed by atoms with van der Waals surface area (Å²) in [5.74, 6) is 0. The Morgan fingerprint density at radius 1 is 1.42 bits per heavy atom. The third-order valence-corrected chi connectivity index (χ3v) is 2.51. The van der Waals surface area contributed by atoms with Crippen LogP contribution >= 0.6 is 11.9 Å². The summed E-state index contributed by atoms with van der Waals surface area (Å²) in [6, 6.07) is 8.21. The summed E-state index contributed by atoms with van der Waals surface area (Å²) >= 11 is 1.69. The molecule has 64 valence electrons. The van der Waals surface area contributed by atoms with E-state index in [2.05, 4.69) is 29.3 Å². The second kappa shape index (κ2) is 4.21. The van der Waals surface area contributed by atoms with E-state index in [4.69, 9.17) is 0 Å². The van der Waals surface area contributed by atoms with Crippen LogP contribution in [0.4, 0.5) is 5.69 Å². The van der Waals surface area contributed by atoms with Crippen molar-refractivity contribution in [1.82, 2.24) is 0 Å². The molecular weight excluding hydrogens is 166 g/mol. The molecule has 0 spiro atoms. The molecule has 0 atom stereocenters. The number of rotatable bonds is 3.